The zero-order valence-corrected chi connectivity index (χ0v) is 6.11. The van der Waals surface area contributed by atoms with Crippen molar-refractivity contribution in [3.05, 3.63) is 35.1 Å². The molecule has 0 bridgehead atoms. The fourth-order valence-electron chi connectivity index (χ4n) is 0.792. The van der Waals surface area contributed by atoms with E-state index in [1.807, 2.05) is 0 Å². The van der Waals surface area contributed by atoms with Gasteiger partial charge in [-0.1, -0.05) is 0 Å². The molecule has 1 nitrogen and oxygen atoms in total. The van der Waals surface area contributed by atoms with E-state index in [1.165, 1.54) is 6.07 Å². The number of hydrogen-bond acceptors (Lipinski definition) is 1. The van der Waals surface area contributed by atoms with Crippen molar-refractivity contribution < 1.29 is 17.6 Å². The van der Waals surface area contributed by atoms with E-state index in [-0.39, 0.29) is 0 Å². The van der Waals surface area contributed by atoms with Crippen LogP contribution in [-0.4, -0.2) is 0 Å². The van der Waals surface area contributed by atoms with Gasteiger partial charge in [0, 0.05) is 6.07 Å². The van der Waals surface area contributed by atoms with E-state index in [4.69, 9.17) is 5.26 Å². The largest absolute Gasteiger partial charge is 0.417 e. The van der Waals surface area contributed by atoms with Gasteiger partial charge in [0.1, 0.15) is 5.82 Å². The molecule has 0 aromatic heterocycles. The lowest BCUT2D eigenvalue weighted by Crippen LogP contribution is -2.07. The van der Waals surface area contributed by atoms with Crippen molar-refractivity contribution >= 4 is 0 Å². The van der Waals surface area contributed by atoms with Crippen LogP contribution in [0.25, 0.3) is 0 Å². The minimum Gasteiger partial charge on any atom is -0.206 e. The molecule has 0 unspecified atom stereocenters. The SMILES string of the molecule is N#Cc1cc(F)[c]cc1C(F)(F)F. The average Bonchev–Trinajstić information content (AvgIpc) is 2.01. The van der Waals surface area contributed by atoms with Gasteiger partial charge in [0.05, 0.1) is 17.2 Å². The number of halogens is 4. The summed E-state index contributed by atoms with van der Waals surface area (Å²) in [6, 6.07) is 3.93. The van der Waals surface area contributed by atoms with Crippen LogP contribution in [0.2, 0.25) is 0 Å². The van der Waals surface area contributed by atoms with Gasteiger partial charge in [0.25, 0.3) is 0 Å². The van der Waals surface area contributed by atoms with E-state index in [1.54, 1.807) is 6.07 Å². The molecule has 0 aliphatic heterocycles. The summed E-state index contributed by atoms with van der Waals surface area (Å²) >= 11 is 0. The molecule has 67 valence electrons. The Bertz CT molecular complexity index is 361. The summed E-state index contributed by atoms with van der Waals surface area (Å²) in [5.74, 6) is -0.982. The van der Waals surface area contributed by atoms with Gasteiger partial charge in [0.2, 0.25) is 0 Å². The van der Waals surface area contributed by atoms with Crippen LogP contribution in [-0.2, 0) is 6.18 Å². The van der Waals surface area contributed by atoms with E-state index in [0.717, 1.165) is 0 Å². The summed E-state index contributed by atoms with van der Waals surface area (Å²) in [4.78, 5) is 0. The molecule has 0 N–H and O–H groups in total. The fraction of sp³-hybridized carbons (Fsp3) is 0.125. The Balaban J connectivity index is 3.32. The lowest BCUT2D eigenvalue weighted by molar-refractivity contribution is -0.137. The summed E-state index contributed by atoms with van der Waals surface area (Å²) in [5.41, 5.74) is -1.90. The molecule has 0 aliphatic rings. The molecule has 13 heavy (non-hydrogen) atoms. The normalized spacial score (nSPS) is 11.0. The fourth-order valence-corrected chi connectivity index (χ4v) is 0.792. The smallest absolute Gasteiger partial charge is 0.206 e. The number of hydrogen-bond donors (Lipinski definition) is 0. The Morgan fingerprint density at radius 3 is 2.46 bits per heavy atom. The first-order chi connectivity index (χ1) is 5.95. The maximum absolute atomic E-state index is 12.3. The molecular weight excluding hydrogens is 186 g/mol. The first-order valence-electron chi connectivity index (χ1n) is 3.13. The Hall–Kier alpha value is -1.57. The summed E-state index contributed by atoms with van der Waals surface area (Å²) in [6.45, 7) is 0. The van der Waals surface area contributed by atoms with Crippen molar-refractivity contribution in [1.82, 2.24) is 0 Å². The number of rotatable bonds is 0. The third-order valence-electron chi connectivity index (χ3n) is 1.34. The summed E-state index contributed by atoms with van der Waals surface area (Å²) in [7, 11) is 0. The number of alkyl halides is 3. The molecule has 0 saturated carbocycles. The molecule has 0 heterocycles. The van der Waals surface area contributed by atoms with Crippen LogP contribution in [0.15, 0.2) is 12.1 Å². The van der Waals surface area contributed by atoms with E-state index >= 15 is 0 Å². The number of nitriles is 1. The van der Waals surface area contributed by atoms with Crippen LogP contribution in [0.5, 0.6) is 0 Å². The van der Waals surface area contributed by atoms with Crippen molar-refractivity contribution in [2.45, 2.75) is 6.18 Å². The number of benzene rings is 1. The quantitative estimate of drug-likeness (QED) is 0.574. The lowest BCUT2D eigenvalue weighted by Gasteiger charge is -2.07. The Morgan fingerprint density at radius 1 is 1.38 bits per heavy atom. The molecule has 0 spiro atoms. The Labute approximate surface area is 71.2 Å². The van der Waals surface area contributed by atoms with Crippen molar-refractivity contribution in [3.8, 4) is 6.07 Å². The highest BCUT2D eigenvalue weighted by molar-refractivity contribution is 5.39. The highest BCUT2D eigenvalue weighted by Gasteiger charge is 2.33. The average molecular weight is 188 g/mol. The highest BCUT2D eigenvalue weighted by Crippen LogP contribution is 2.31. The van der Waals surface area contributed by atoms with E-state index < -0.39 is 23.1 Å². The first-order valence-corrected chi connectivity index (χ1v) is 3.13. The predicted molar refractivity (Wildman–Crippen MR) is 35.0 cm³/mol. The molecular formula is C8H2F4N. The molecule has 0 aliphatic carbocycles. The maximum Gasteiger partial charge on any atom is 0.417 e. The molecule has 1 aromatic rings. The summed E-state index contributed by atoms with van der Waals surface area (Å²) < 4.78 is 48.6. The van der Waals surface area contributed by atoms with Gasteiger partial charge in [-0.2, -0.15) is 18.4 Å². The summed E-state index contributed by atoms with van der Waals surface area (Å²) in [6.07, 6.45) is -4.64. The molecule has 0 atom stereocenters. The first kappa shape index (κ1) is 9.52. The van der Waals surface area contributed by atoms with E-state index in [9.17, 15) is 17.6 Å². The third kappa shape index (κ3) is 1.96. The van der Waals surface area contributed by atoms with Crippen molar-refractivity contribution in [3.63, 3.8) is 0 Å². The zero-order valence-electron chi connectivity index (χ0n) is 6.11. The van der Waals surface area contributed by atoms with Crippen molar-refractivity contribution in [2.75, 3.05) is 0 Å². The standard InChI is InChI=1S/C8H2F4N/c9-6-1-2-7(8(10,11)12)5(3-6)4-13/h2-3H. The van der Waals surface area contributed by atoms with Crippen LogP contribution in [0.4, 0.5) is 17.6 Å². The van der Waals surface area contributed by atoms with Crippen LogP contribution < -0.4 is 0 Å². The van der Waals surface area contributed by atoms with Gasteiger partial charge in [-0.3, -0.25) is 0 Å². The van der Waals surface area contributed by atoms with Crippen molar-refractivity contribution in [2.24, 2.45) is 0 Å². The van der Waals surface area contributed by atoms with Gasteiger partial charge >= 0.3 is 6.18 Å². The van der Waals surface area contributed by atoms with Gasteiger partial charge in [-0.15, -0.1) is 0 Å². The Kier molecular flexibility index (Phi) is 2.24. The predicted octanol–water partition coefficient (Wildman–Crippen LogP) is 2.52. The molecule has 0 saturated heterocycles. The van der Waals surface area contributed by atoms with Crippen LogP contribution in [0.1, 0.15) is 11.1 Å². The molecule has 1 aromatic carbocycles. The van der Waals surface area contributed by atoms with Crippen LogP contribution >= 0.6 is 0 Å². The van der Waals surface area contributed by atoms with E-state index in [0.29, 0.717) is 12.1 Å². The topological polar surface area (TPSA) is 23.8 Å². The number of nitrogens with zero attached hydrogens (tertiary/aromatic N) is 1. The summed E-state index contributed by atoms with van der Waals surface area (Å²) in [5, 5.41) is 8.28. The Morgan fingerprint density at radius 2 is 2.00 bits per heavy atom. The highest BCUT2D eigenvalue weighted by atomic mass is 19.4. The molecule has 1 rings (SSSR count). The molecule has 5 heteroatoms. The van der Waals surface area contributed by atoms with E-state index in [2.05, 4.69) is 0 Å². The van der Waals surface area contributed by atoms with Crippen molar-refractivity contribution in [1.29, 1.82) is 5.26 Å². The second-order valence-corrected chi connectivity index (χ2v) is 2.22. The zero-order chi connectivity index (χ0) is 10.1. The molecule has 1 radical (unpaired) electrons. The minimum atomic E-state index is -4.64. The third-order valence-corrected chi connectivity index (χ3v) is 1.34. The van der Waals surface area contributed by atoms with Gasteiger partial charge < -0.3 is 0 Å². The van der Waals surface area contributed by atoms with Gasteiger partial charge in [0.15, 0.2) is 0 Å². The second-order valence-electron chi connectivity index (χ2n) is 2.22. The second kappa shape index (κ2) is 3.05. The molecule has 0 amide bonds. The maximum atomic E-state index is 12.3. The monoisotopic (exact) mass is 188 g/mol. The van der Waals surface area contributed by atoms with Crippen LogP contribution in [0.3, 0.4) is 0 Å². The van der Waals surface area contributed by atoms with Gasteiger partial charge in [-0.05, 0) is 12.1 Å². The van der Waals surface area contributed by atoms with Crippen LogP contribution in [0, 0.1) is 23.2 Å². The minimum absolute atomic E-state index is 0.424. The molecule has 0 fully saturated rings. The van der Waals surface area contributed by atoms with Gasteiger partial charge in [-0.25, -0.2) is 4.39 Å². The lowest BCUT2D eigenvalue weighted by atomic mass is 10.1.